The SMILES string of the molecule is Cc1noc(C)c1-c1cc2nc(-c3cnc(N)nc3)nc(N3CCOCC3)c2s1. The lowest BCUT2D eigenvalue weighted by Gasteiger charge is -2.28. The standard InChI is InChI=1S/C19H19N7O2S/c1-10-15(11(2)28-25-10)14-7-13-16(29-14)18(26-3-5-27-6-4-26)24-17(23-13)12-8-21-19(20)22-9-12/h7-9H,3-6H2,1-2H3,(H2,20,21,22). The first-order valence-corrected chi connectivity index (χ1v) is 10.1. The second-order valence-corrected chi connectivity index (χ2v) is 7.88. The van der Waals surface area contributed by atoms with E-state index in [1.54, 1.807) is 23.7 Å². The number of fused-ring (bicyclic) bond motifs is 1. The maximum absolute atomic E-state index is 5.63. The zero-order valence-electron chi connectivity index (χ0n) is 16.0. The Bertz CT molecular complexity index is 1160. The molecule has 148 valence electrons. The topological polar surface area (TPSA) is 116 Å². The molecule has 5 rings (SSSR count). The molecule has 9 nitrogen and oxygen atoms in total. The molecule has 10 heteroatoms. The first-order chi connectivity index (χ1) is 14.1. The molecule has 29 heavy (non-hydrogen) atoms. The van der Waals surface area contributed by atoms with Crippen LogP contribution in [0.2, 0.25) is 0 Å². The summed E-state index contributed by atoms with van der Waals surface area (Å²) in [6, 6.07) is 2.07. The van der Waals surface area contributed by atoms with Crippen LogP contribution >= 0.6 is 11.3 Å². The van der Waals surface area contributed by atoms with Crippen LogP contribution in [-0.2, 0) is 4.74 Å². The van der Waals surface area contributed by atoms with Crippen molar-refractivity contribution in [2.75, 3.05) is 36.9 Å². The molecule has 1 aliphatic rings. The summed E-state index contributed by atoms with van der Waals surface area (Å²) < 4.78 is 11.9. The molecule has 0 bridgehead atoms. The summed E-state index contributed by atoms with van der Waals surface area (Å²) in [6.07, 6.45) is 3.29. The molecule has 2 N–H and O–H groups in total. The molecule has 0 atom stereocenters. The molecule has 1 aliphatic heterocycles. The van der Waals surface area contributed by atoms with Gasteiger partial charge < -0.3 is 19.9 Å². The van der Waals surface area contributed by atoms with Crippen molar-refractivity contribution >= 4 is 33.3 Å². The molecule has 0 spiro atoms. The predicted octanol–water partition coefficient (Wildman–Crippen LogP) is 2.84. The van der Waals surface area contributed by atoms with Gasteiger partial charge in [-0.05, 0) is 19.9 Å². The van der Waals surface area contributed by atoms with E-state index in [1.165, 1.54) is 0 Å². The van der Waals surface area contributed by atoms with Crippen molar-refractivity contribution in [3.8, 4) is 21.8 Å². The highest BCUT2D eigenvalue weighted by atomic mass is 32.1. The first-order valence-electron chi connectivity index (χ1n) is 9.25. The lowest BCUT2D eigenvalue weighted by molar-refractivity contribution is 0.122. The summed E-state index contributed by atoms with van der Waals surface area (Å²) in [5, 5.41) is 4.09. The Morgan fingerprint density at radius 3 is 2.55 bits per heavy atom. The van der Waals surface area contributed by atoms with Crippen molar-refractivity contribution in [2.24, 2.45) is 0 Å². The number of nitrogens with zero attached hydrogens (tertiary/aromatic N) is 6. The molecule has 1 fully saturated rings. The average Bonchev–Trinajstić information content (AvgIpc) is 3.30. The second kappa shape index (κ2) is 7.05. The van der Waals surface area contributed by atoms with Crippen LogP contribution in [0.1, 0.15) is 11.5 Å². The molecule has 4 aromatic heterocycles. The largest absolute Gasteiger partial charge is 0.378 e. The van der Waals surface area contributed by atoms with E-state index < -0.39 is 0 Å². The van der Waals surface area contributed by atoms with Crippen LogP contribution in [-0.4, -0.2) is 51.4 Å². The maximum Gasteiger partial charge on any atom is 0.219 e. The van der Waals surface area contributed by atoms with E-state index in [9.17, 15) is 0 Å². The van der Waals surface area contributed by atoms with Crippen molar-refractivity contribution in [3.05, 3.63) is 29.9 Å². The van der Waals surface area contributed by atoms with E-state index in [-0.39, 0.29) is 5.95 Å². The number of rotatable bonds is 3. The van der Waals surface area contributed by atoms with Crippen LogP contribution in [0.25, 0.3) is 32.0 Å². The monoisotopic (exact) mass is 409 g/mol. The van der Waals surface area contributed by atoms with Crippen molar-refractivity contribution in [2.45, 2.75) is 13.8 Å². The number of morpholine rings is 1. The Morgan fingerprint density at radius 1 is 1.10 bits per heavy atom. The van der Waals surface area contributed by atoms with Crippen LogP contribution in [0.5, 0.6) is 0 Å². The quantitative estimate of drug-likeness (QED) is 0.545. The lowest BCUT2D eigenvalue weighted by Crippen LogP contribution is -2.36. The fraction of sp³-hybridized carbons (Fsp3) is 0.316. The minimum atomic E-state index is 0.222. The van der Waals surface area contributed by atoms with Gasteiger partial charge in [0.1, 0.15) is 5.76 Å². The van der Waals surface area contributed by atoms with E-state index in [4.69, 9.17) is 25.0 Å². The van der Waals surface area contributed by atoms with Gasteiger partial charge in [-0.15, -0.1) is 11.3 Å². The van der Waals surface area contributed by atoms with E-state index in [0.29, 0.717) is 19.0 Å². The molecule has 0 amide bonds. The summed E-state index contributed by atoms with van der Waals surface area (Å²) in [7, 11) is 0. The van der Waals surface area contributed by atoms with E-state index in [2.05, 4.69) is 26.1 Å². The number of aryl methyl sites for hydroxylation is 2. The van der Waals surface area contributed by atoms with E-state index in [0.717, 1.165) is 56.6 Å². The summed E-state index contributed by atoms with van der Waals surface area (Å²) in [6.45, 7) is 6.78. The first kappa shape index (κ1) is 18.0. The summed E-state index contributed by atoms with van der Waals surface area (Å²) in [5.74, 6) is 2.48. The second-order valence-electron chi connectivity index (χ2n) is 6.82. The minimum absolute atomic E-state index is 0.222. The number of anilines is 2. The van der Waals surface area contributed by atoms with Crippen LogP contribution in [0, 0.1) is 13.8 Å². The predicted molar refractivity (Wildman–Crippen MR) is 111 cm³/mol. The molecule has 0 saturated carbocycles. The Hall–Kier alpha value is -3.11. The van der Waals surface area contributed by atoms with Gasteiger partial charge in [0.2, 0.25) is 5.95 Å². The summed E-state index contributed by atoms with van der Waals surface area (Å²) >= 11 is 1.65. The Morgan fingerprint density at radius 2 is 1.86 bits per heavy atom. The van der Waals surface area contributed by atoms with Gasteiger partial charge in [0.05, 0.1) is 40.3 Å². The molecule has 4 aromatic rings. The molecule has 5 heterocycles. The zero-order valence-corrected chi connectivity index (χ0v) is 16.9. The smallest absolute Gasteiger partial charge is 0.219 e. The third kappa shape index (κ3) is 3.19. The molecular formula is C19H19N7O2S. The van der Waals surface area contributed by atoms with Crippen LogP contribution in [0.4, 0.5) is 11.8 Å². The highest BCUT2D eigenvalue weighted by Crippen LogP contribution is 2.40. The van der Waals surface area contributed by atoms with Gasteiger partial charge in [0, 0.05) is 30.4 Å². The van der Waals surface area contributed by atoms with E-state index >= 15 is 0 Å². The number of nitrogens with two attached hydrogens (primary N) is 1. The number of aromatic nitrogens is 5. The Balaban J connectivity index is 1.70. The van der Waals surface area contributed by atoms with Gasteiger partial charge >= 0.3 is 0 Å². The van der Waals surface area contributed by atoms with Crippen molar-refractivity contribution < 1.29 is 9.26 Å². The molecule has 0 aliphatic carbocycles. The Labute approximate surface area is 170 Å². The number of hydrogen-bond donors (Lipinski definition) is 1. The normalized spacial score (nSPS) is 14.6. The van der Waals surface area contributed by atoms with Gasteiger partial charge in [-0.2, -0.15) is 0 Å². The molecule has 0 radical (unpaired) electrons. The summed E-state index contributed by atoms with van der Waals surface area (Å²) in [5.41, 5.74) is 9.10. The van der Waals surface area contributed by atoms with E-state index in [1.807, 2.05) is 13.8 Å². The third-order valence-electron chi connectivity index (χ3n) is 4.87. The summed E-state index contributed by atoms with van der Waals surface area (Å²) in [4.78, 5) is 21.1. The molecule has 1 saturated heterocycles. The fourth-order valence-corrected chi connectivity index (χ4v) is 4.70. The molecule has 0 aromatic carbocycles. The van der Waals surface area contributed by atoms with Gasteiger partial charge in [0.15, 0.2) is 11.6 Å². The van der Waals surface area contributed by atoms with Crippen molar-refractivity contribution in [1.82, 2.24) is 25.1 Å². The highest BCUT2D eigenvalue weighted by Gasteiger charge is 2.22. The van der Waals surface area contributed by atoms with Gasteiger partial charge in [-0.25, -0.2) is 19.9 Å². The molecule has 0 unspecified atom stereocenters. The van der Waals surface area contributed by atoms with Crippen LogP contribution in [0.3, 0.4) is 0 Å². The number of nitrogen functional groups attached to an aromatic ring is 1. The zero-order chi connectivity index (χ0) is 20.0. The number of ether oxygens (including phenoxy) is 1. The third-order valence-corrected chi connectivity index (χ3v) is 6.01. The van der Waals surface area contributed by atoms with Crippen molar-refractivity contribution in [1.29, 1.82) is 0 Å². The molecular weight excluding hydrogens is 390 g/mol. The van der Waals surface area contributed by atoms with Crippen molar-refractivity contribution in [3.63, 3.8) is 0 Å². The number of thiophene rings is 1. The highest BCUT2D eigenvalue weighted by molar-refractivity contribution is 7.22. The van der Waals surface area contributed by atoms with Crippen LogP contribution < -0.4 is 10.6 Å². The lowest BCUT2D eigenvalue weighted by atomic mass is 10.1. The maximum atomic E-state index is 5.63. The van der Waals surface area contributed by atoms with Gasteiger partial charge in [-0.1, -0.05) is 5.16 Å². The van der Waals surface area contributed by atoms with Gasteiger partial charge in [0.25, 0.3) is 0 Å². The Kier molecular flexibility index (Phi) is 4.36. The number of hydrogen-bond acceptors (Lipinski definition) is 10. The fourth-order valence-electron chi connectivity index (χ4n) is 3.44. The van der Waals surface area contributed by atoms with Gasteiger partial charge in [-0.3, -0.25) is 0 Å². The van der Waals surface area contributed by atoms with Crippen LogP contribution in [0.15, 0.2) is 23.0 Å². The minimum Gasteiger partial charge on any atom is -0.378 e. The average molecular weight is 409 g/mol.